The number of carbonyl (C=O) groups is 6. The van der Waals surface area contributed by atoms with Crippen LogP contribution in [-0.2, 0) is 84.2 Å². The molecule has 3 rings (SSSR count). The molecule has 60 heavy (non-hydrogen) atoms. The molecule has 3 aromatic carbocycles. The third kappa shape index (κ3) is 43.1. The summed E-state index contributed by atoms with van der Waals surface area (Å²) in [5.74, 6) is -5.97. The Morgan fingerprint density at radius 3 is 1.17 bits per heavy atom. The number of benzene rings is 3. The number of esters is 2. The van der Waals surface area contributed by atoms with Crippen LogP contribution < -0.4 is 17.2 Å². The van der Waals surface area contributed by atoms with E-state index in [1.165, 1.54) is 0 Å². The van der Waals surface area contributed by atoms with Gasteiger partial charge >= 0.3 is 46.4 Å². The number of aliphatic carboxylic acids is 4. The first kappa shape index (κ1) is 63.1. The molecule has 25 heteroatoms. The summed E-state index contributed by atoms with van der Waals surface area (Å²) < 4.78 is 57.1. The molecule has 0 aromatic heterocycles. The lowest BCUT2D eigenvalue weighted by atomic mass is 10.2. The smallest absolute Gasteiger partial charge is 0.425 e. The number of rotatable bonds is 15. The zero-order chi connectivity index (χ0) is 45.1. The average molecular weight is 897 g/mol. The van der Waals surface area contributed by atoms with Gasteiger partial charge < -0.3 is 73.8 Å². The van der Waals surface area contributed by atoms with Gasteiger partial charge in [-0.3, -0.25) is 24.0 Å². The quantitative estimate of drug-likeness (QED) is 0.0486. The minimum Gasteiger partial charge on any atom is -0.750 e. The second-order valence-electron chi connectivity index (χ2n) is 10.4. The number of quaternary nitrogens is 1. The number of carboxylic acids is 4. The summed E-state index contributed by atoms with van der Waals surface area (Å²) in [6.07, 6.45) is -1.06. The highest BCUT2D eigenvalue weighted by Gasteiger charge is 2.21. The molecule has 0 aliphatic rings. The first-order chi connectivity index (χ1) is 27.2. The van der Waals surface area contributed by atoms with Gasteiger partial charge in [-0.15, -0.1) is 12.6 Å². The third-order valence-corrected chi connectivity index (χ3v) is 6.10. The van der Waals surface area contributed by atoms with Gasteiger partial charge in [-0.1, -0.05) is 91.0 Å². The molecule has 14 N–H and O–H groups in total. The van der Waals surface area contributed by atoms with E-state index in [0.717, 1.165) is 23.8 Å². The van der Waals surface area contributed by atoms with Crippen molar-refractivity contribution in [2.75, 3.05) is 7.11 Å². The molecule has 23 nitrogen and oxygen atoms in total. The van der Waals surface area contributed by atoms with Crippen LogP contribution in [0, 0.1) is 7.43 Å². The minimum absolute atomic E-state index is 0. The Bertz CT molecular complexity index is 1690. The van der Waals surface area contributed by atoms with Crippen LogP contribution in [0.2, 0.25) is 0 Å². The Balaban J connectivity index is -0.000000213. The molecule has 0 bridgehead atoms. The van der Waals surface area contributed by atoms with Crippen molar-refractivity contribution in [3.63, 3.8) is 0 Å². The van der Waals surface area contributed by atoms with E-state index < -0.39 is 82.3 Å². The fraction of sp³-hybridized carbons (Fsp3) is 0.286. The maximum Gasteiger partial charge on any atom is 0.425 e. The lowest BCUT2D eigenvalue weighted by Crippen LogP contribution is -2.65. The van der Waals surface area contributed by atoms with Crippen LogP contribution in [0.15, 0.2) is 91.0 Å². The Kier molecular flexibility index (Phi) is 41.9. The molecule has 4 unspecified atom stereocenters. The van der Waals surface area contributed by atoms with Gasteiger partial charge in [0.1, 0.15) is 31.7 Å². The topological polar surface area (TPSA) is 434 Å². The summed E-state index contributed by atoms with van der Waals surface area (Å²) in [6.45, 7) is 0.429. The van der Waals surface area contributed by atoms with Gasteiger partial charge in [0, 0.05) is 0 Å². The molecule has 0 amide bonds. The minimum atomic E-state index is -3.11. The van der Waals surface area contributed by atoms with E-state index in [9.17, 15) is 28.8 Å². The van der Waals surface area contributed by atoms with Gasteiger partial charge in [-0.25, -0.2) is 9.00 Å². The fourth-order valence-electron chi connectivity index (χ4n) is 3.01. The number of carbonyl (C=O) groups excluding carboxylic acids is 2. The molecule has 0 spiro atoms. The van der Waals surface area contributed by atoms with E-state index in [4.69, 9.17) is 67.9 Å². The molecular weight excluding hydrogens is 847 g/mol. The zero-order valence-corrected chi connectivity index (χ0v) is 33.9. The van der Waals surface area contributed by atoms with Gasteiger partial charge in [-0.05, 0) is 16.7 Å². The molecule has 4 atom stereocenters. The van der Waals surface area contributed by atoms with Crippen LogP contribution in [-0.4, -0.2) is 113 Å². The van der Waals surface area contributed by atoms with Gasteiger partial charge in [0.2, 0.25) is 0 Å². The van der Waals surface area contributed by atoms with Crippen molar-refractivity contribution in [2.45, 2.75) is 57.2 Å². The lowest BCUT2D eigenvalue weighted by molar-refractivity contribution is -0.407. The van der Waals surface area contributed by atoms with Crippen LogP contribution in [0.25, 0.3) is 0 Å². The Hall–Kier alpha value is -6.03. The van der Waals surface area contributed by atoms with Crippen LogP contribution in [0.1, 0.15) is 36.0 Å². The van der Waals surface area contributed by atoms with E-state index in [2.05, 4.69) is 9.92 Å². The molecule has 0 aliphatic heterocycles. The Morgan fingerprint density at radius 2 is 0.933 bits per heavy atom. The first-order valence-electron chi connectivity index (χ1n) is 15.8. The van der Waals surface area contributed by atoms with E-state index in [0.29, 0.717) is 0 Å². The average Bonchev–Trinajstić information content (AvgIpc) is 3.17. The van der Waals surface area contributed by atoms with E-state index in [1.807, 2.05) is 91.0 Å². The number of aliphatic hydroxyl groups is 1. The lowest BCUT2D eigenvalue weighted by Gasteiger charge is -2.07. The second-order valence-corrected chi connectivity index (χ2v) is 11.6. The van der Waals surface area contributed by atoms with Crippen molar-refractivity contribution in [3.8, 4) is 0 Å². The van der Waals surface area contributed by atoms with Gasteiger partial charge in [-0.2, -0.15) is 0 Å². The largest absolute Gasteiger partial charge is 0.750 e. The van der Waals surface area contributed by atoms with E-state index >= 15 is 0 Å². The fourth-order valence-corrected chi connectivity index (χ4v) is 3.01. The molecule has 0 aliphatic carbocycles. The molecule has 0 radical (unpaired) electrons. The monoisotopic (exact) mass is 896 g/mol. The van der Waals surface area contributed by atoms with Gasteiger partial charge in [0.15, 0.2) is 6.04 Å². The molecule has 3 aromatic rings. The predicted octanol–water partition coefficient (Wildman–Crippen LogP) is -1.55. The molecule has 0 saturated carbocycles. The number of ether oxygens (including phenoxy) is 2. The summed E-state index contributed by atoms with van der Waals surface area (Å²) in [6, 6.07) is 24.4. The standard InChI is InChI=1S/2C11H13NO4.C7H8O.C4H7NO4.CH4O3S.CH3.O3S.H2O/c2*12-9(11(14)15)6-10(13)16-7-8-4-2-1-3-5-8;8-6-7-4-2-1-3-5-7;5-2(4(8)9)1-3(6)7;1-4-5(2)3;;1-4(2)3;/h2*1-5,9H,6-7,12H2,(H,14,15);1-5,8H,6H2;2H,1,5H2,(H,6,7)(H,8,9);1H3,(H,2,3);1H3;;1H2/q;;;;;-1;;. The maximum absolute atomic E-state index is 11.2. The highest BCUT2D eigenvalue weighted by atomic mass is 32.2. The molecule has 0 heterocycles. The van der Waals surface area contributed by atoms with Gasteiger partial charge in [0.05, 0.1) is 37.9 Å². The molecule has 338 valence electrons. The summed E-state index contributed by atoms with van der Waals surface area (Å²) in [5, 5.41) is 41.6. The van der Waals surface area contributed by atoms with Crippen molar-refractivity contribution in [3.05, 3.63) is 115 Å². The van der Waals surface area contributed by atoms with Crippen molar-refractivity contribution in [2.24, 2.45) is 11.5 Å². The Labute approximate surface area is 348 Å². The number of carboxylic acid groups (broad SMARTS) is 4. The van der Waals surface area contributed by atoms with Gasteiger partial charge in [0.25, 0.3) is 0 Å². The molecule has 0 saturated heterocycles. The third-order valence-electron chi connectivity index (χ3n) is 5.82. The van der Waals surface area contributed by atoms with E-state index in [-0.39, 0.29) is 45.6 Å². The van der Waals surface area contributed by atoms with Crippen molar-refractivity contribution < 1.29 is 101 Å². The first-order valence-corrected chi connectivity index (χ1v) is 17.8. The summed E-state index contributed by atoms with van der Waals surface area (Å²) >= 11 is -2.32. The summed E-state index contributed by atoms with van der Waals surface area (Å²) in [5.41, 5.74) is 16.0. The SMILES string of the molecule is COS(=O)[O-].NC(CC(=O)O)C(=O)O.NC(CC(=O)OCc1ccccc1)C(=O)O.O.O=S(=O)=O.OCc1ccccc1.[CH3-].[NH3+]C(CC(=O)OCc1ccccc1)C(=O)O. The zero-order valence-electron chi connectivity index (χ0n) is 32.3. The summed E-state index contributed by atoms with van der Waals surface area (Å²) in [4.78, 5) is 62.8. The maximum atomic E-state index is 11.2. The van der Waals surface area contributed by atoms with Crippen LogP contribution in [0.5, 0.6) is 0 Å². The number of nitrogens with two attached hydrogens (primary N) is 2. The Morgan fingerprint density at radius 1 is 0.633 bits per heavy atom. The van der Waals surface area contributed by atoms with Crippen LogP contribution in [0.3, 0.4) is 0 Å². The highest BCUT2D eigenvalue weighted by molar-refractivity contribution is 7.74. The predicted molar refractivity (Wildman–Crippen MR) is 208 cm³/mol. The summed E-state index contributed by atoms with van der Waals surface area (Å²) in [7, 11) is -2.02. The highest BCUT2D eigenvalue weighted by Crippen LogP contribution is 2.03. The normalized spacial score (nSPS) is 11.0. The molecular formula is C35H50N3O20S2-. The van der Waals surface area contributed by atoms with Crippen LogP contribution in [0.4, 0.5) is 0 Å². The molecule has 0 fully saturated rings. The number of hydrogen-bond acceptors (Lipinski definition) is 17. The van der Waals surface area contributed by atoms with Crippen LogP contribution >= 0.6 is 0 Å². The van der Waals surface area contributed by atoms with Crippen molar-refractivity contribution in [1.29, 1.82) is 0 Å². The number of aliphatic hydroxyl groups excluding tert-OH is 1. The van der Waals surface area contributed by atoms with Crippen molar-refractivity contribution >= 4 is 57.8 Å². The number of hydrogen-bond donors (Lipinski definition) is 8. The van der Waals surface area contributed by atoms with E-state index in [1.54, 1.807) is 0 Å². The second kappa shape index (κ2) is 39.8. The van der Waals surface area contributed by atoms with Crippen molar-refractivity contribution in [1.82, 2.24) is 0 Å².